The molecule has 0 spiro atoms. The van der Waals surface area contributed by atoms with Gasteiger partial charge in [-0.1, -0.05) is 17.7 Å². The van der Waals surface area contributed by atoms with Crippen LogP contribution < -0.4 is 5.32 Å². The van der Waals surface area contributed by atoms with Crippen molar-refractivity contribution in [2.45, 2.75) is 39.3 Å². The Balaban J connectivity index is 1.85. The third kappa shape index (κ3) is 4.68. The normalized spacial score (nSPS) is 18.5. The van der Waals surface area contributed by atoms with Crippen LogP contribution in [0.15, 0.2) is 18.2 Å². The maximum Gasteiger partial charge on any atom is 0.217 e. The van der Waals surface area contributed by atoms with E-state index in [1.165, 1.54) is 6.07 Å². The van der Waals surface area contributed by atoms with E-state index in [-0.39, 0.29) is 17.8 Å². The van der Waals surface area contributed by atoms with E-state index < -0.39 is 0 Å². The fourth-order valence-electron chi connectivity index (χ4n) is 2.94. The molecule has 1 saturated heterocycles. The van der Waals surface area contributed by atoms with E-state index in [0.29, 0.717) is 23.0 Å². The fourth-order valence-corrected chi connectivity index (χ4v) is 3.10. The molecule has 0 aliphatic carbocycles. The van der Waals surface area contributed by atoms with Crippen LogP contribution in [0.2, 0.25) is 5.02 Å². The Labute approximate surface area is 130 Å². The van der Waals surface area contributed by atoms with Crippen LogP contribution in [0.25, 0.3) is 0 Å². The molecule has 1 amide bonds. The smallest absolute Gasteiger partial charge is 0.217 e. The van der Waals surface area contributed by atoms with E-state index in [2.05, 4.69) is 17.1 Å². The Morgan fingerprint density at radius 3 is 2.71 bits per heavy atom. The maximum absolute atomic E-state index is 13.8. The van der Waals surface area contributed by atoms with Crippen LogP contribution in [0.5, 0.6) is 0 Å². The summed E-state index contributed by atoms with van der Waals surface area (Å²) < 4.78 is 13.8. The first-order chi connectivity index (χ1) is 9.95. The second-order valence-corrected chi connectivity index (χ2v) is 6.27. The van der Waals surface area contributed by atoms with Gasteiger partial charge in [0.05, 0.1) is 0 Å². The molecule has 0 saturated carbocycles. The van der Waals surface area contributed by atoms with Gasteiger partial charge in [0.1, 0.15) is 5.82 Å². The Bertz CT molecular complexity index is 501. The number of nitrogens with zero attached hydrogens (tertiary/aromatic N) is 1. The van der Waals surface area contributed by atoms with Crippen LogP contribution in [0.4, 0.5) is 4.39 Å². The van der Waals surface area contributed by atoms with E-state index >= 15 is 0 Å². The third-order valence-electron chi connectivity index (χ3n) is 4.18. The Morgan fingerprint density at radius 2 is 2.14 bits per heavy atom. The number of nitrogens with one attached hydrogen (secondary N) is 1. The quantitative estimate of drug-likeness (QED) is 0.926. The summed E-state index contributed by atoms with van der Waals surface area (Å²) in [4.78, 5) is 13.3. The molecule has 2 rings (SSSR count). The van der Waals surface area contributed by atoms with Crippen molar-refractivity contribution < 1.29 is 9.18 Å². The zero-order valence-electron chi connectivity index (χ0n) is 12.5. The van der Waals surface area contributed by atoms with Crippen molar-refractivity contribution >= 4 is 17.5 Å². The van der Waals surface area contributed by atoms with E-state index in [4.69, 9.17) is 11.6 Å². The topological polar surface area (TPSA) is 32.3 Å². The molecule has 1 heterocycles. The van der Waals surface area contributed by atoms with Crippen molar-refractivity contribution in [3.05, 3.63) is 34.6 Å². The molecular formula is C16H22ClFN2O. The Kier molecular flexibility index (Phi) is 5.59. The van der Waals surface area contributed by atoms with Crippen LogP contribution in [0, 0.1) is 11.7 Å². The second-order valence-electron chi connectivity index (χ2n) is 5.84. The molecule has 21 heavy (non-hydrogen) atoms. The van der Waals surface area contributed by atoms with Crippen molar-refractivity contribution in [3.8, 4) is 0 Å². The first kappa shape index (κ1) is 16.2. The molecule has 1 N–H and O–H groups in total. The molecule has 0 bridgehead atoms. The minimum atomic E-state index is -0.240. The molecule has 1 atom stereocenters. The van der Waals surface area contributed by atoms with E-state index in [1.807, 2.05) is 0 Å². The number of hydrogen-bond donors (Lipinski definition) is 1. The van der Waals surface area contributed by atoms with Gasteiger partial charge in [-0.2, -0.15) is 0 Å². The molecule has 1 aromatic rings. The summed E-state index contributed by atoms with van der Waals surface area (Å²) in [7, 11) is 0. The lowest BCUT2D eigenvalue weighted by atomic mass is 9.90. The first-order valence-corrected chi connectivity index (χ1v) is 7.77. The monoisotopic (exact) mass is 312 g/mol. The summed E-state index contributed by atoms with van der Waals surface area (Å²) in [6.07, 6.45) is 2.05. The number of amides is 1. The van der Waals surface area contributed by atoms with Gasteiger partial charge < -0.3 is 5.32 Å². The highest BCUT2D eigenvalue weighted by atomic mass is 35.5. The largest absolute Gasteiger partial charge is 0.354 e. The number of carbonyl (C=O) groups is 1. The minimum absolute atomic E-state index is 0.0214. The van der Waals surface area contributed by atoms with Crippen molar-refractivity contribution in [3.63, 3.8) is 0 Å². The highest BCUT2D eigenvalue weighted by molar-refractivity contribution is 6.30. The minimum Gasteiger partial charge on any atom is -0.354 e. The highest BCUT2D eigenvalue weighted by Crippen LogP contribution is 2.23. The summed E-state index contributed by atoms with van der Waals surface area (Å²) in [6.45, 7) is 6.08. The summed E-state index contributed by atoms with van der Waals surface area (Å²) in [5.74, 6) is 0.282. The van der Waals surface area contributed by atoms with Crippen molar-refractivity contribution in [2.75, 3.05) is 13.1 Å². The molecule has 1 aliphatic rings. The van der Waals surface area contributed by atoms with Gasteiger partial charge in [0.15, 0.2) is 0 Å². The predicted molar refractivity (Wildman–Crippen MR) is 82.7 cm³/mol. The van der Waals surface area contributed by atoms with Gasteiger partial charge in [-0.25, -0.2) is 4.39 Å². The summed E-state index contributed by atoms with van der Waals surface area (Å²) >= 11 is 5.77. The summed E-state index contributed by atoms with van der Waals surface area (Å²) in [5, 5.41) is 3.39. The van der Waals surface area contributed by atoms with Crippen molar-refractivity contribution in [1.82, 2.24) is 10.2 Å². The standard InChI is InChI=1S/C16H22ClFN2O/c1-11(19-12(2)21)13-5-7-20(8-6-13)10-14-3-4-15(17)9-16(14)18/h3-4,9,11,13H,5-8,10H2,1-2H3,(H,19,21). The number of rotatable bonds is 4. The second kappa shape index (κ2) is 7.23. The SMILES string of the molecule is CC(=O)NC(C)C1CCN(Cc2ccc(Cl)cc2F)CC1. The van der Waals surface area contributed by atoms with Crippen LogP contribution in [-0.2, 0) is 11.3 Å². The van der Waals surface area contributed by atoms with Gasteiger partial charge in [0.2, 0.25) is 5.91 Å². The predicted octanol–water partition coefficient (Wildman–Crippen LogP) is 3.22. The molecular weight excluding hydrogens is 291 g/mol. The summed E-state index contributed by atoms with van der Waals surface area (Å²) in [6, 6.07) is 5.05. The van der Waals surface area contributed by atoms with Gasteiger partial charge in [-0.3, -0.25) is 9.69 Å². The molecule has 3 nitrogen and oxygen atoms in total. The van der Waals surface area contributed by atoms with Gasteiger partial charge in [-0.15, -0.1) is 0 Å². The molecule has 1 aliphatic heterocycles. The number of carbonyl (C=O) groups excluding carboxylic acids is 1. The van der Waals surface area contributed by atoms with E-state index in [9.17, 15) is 9.18 Å². The number of halogens is 2. The van der Waals surface area contributed by atoms with Crippen LogP contribution in [0.3, 0.4) is 0 Å². The zero-order chi connectivity index (χ0) is 15.4. The average molecular weight is 313 g/mol. The fraction of sp³-hybridized carbons (Fsp3) is 0.562. The molecule has 5 heteroatoms. The third-order valence-corrected chi connectivity index (χ3v) is 4.41. The highest BCUT2D eigenvalue weighted by Gasteiger charge is 2.24. The summed E-state index contributed by atoms with van der Waals surface area (Å²) in [5.41, 5.74) is 0.688. The Morgan fingerprint density at radius 1 is 1.48 bits per heavy atom. The number of benzene rings is 1. The lowest BCUT2D eigenvalue weighted by Gasteiger charge is -2.35. The van der Waals surface area contributed by atoms with Crippen LogP contribution >= 0.6 is 11.6 Å². The molecule has 1 aromatic carbocycles. The van der Waals surface area contributed by atoms with E-state index in [0.717, 1.165) is 25.9 Å². The Hall–Kier alpha value is -1.13. The molecule has 116 valence electrons. The number of piperidine rings is 1. The number of likely N-dealkylation sites (tertiary alicyclic amines) is 1. The maximum atomic E-state index is 13.8. The van der Waals surface area contributed by atoms with Gasteiger partial charge in [0, 0.05) is 30.1 Å². The van der Waals surface area contributed by atoms with Crippen LogP contribution in [0.1, 0.15) is 32.3 Å². The lowest BCUT2D eigenvalue weighted by Crippen LogP contribution is -2.43. The lowest BCUT2D eigenvalue weighted by molar-refractivity contribution is -0.120. The zero-order valence-corrected chi connectivity index (χ0v) is 13.3. The average Bonchev–Trinajstić information content (AvgIpc) is 2.42. The molecule has 0 aromatic heterocycles. The molecule has 0 radical (unpaired) electrons. The van der Waals surface area contributed by atoms with E-state index in [1.54, 1.807) is 19.1 Å². The van der Waals surface area contributed by atoms with Gasteiger partial charge in [0.25, 0.3) is 0 Å². The van der Waals surface area contributed by atoms with Crippen LogP contribution in [-0.4, -0.2) is 29.9 Å². The first-order valence-electron chi connectivity index (χ1n) is 7.39. The number of hydrogen-bond acceptors (Lipinski definition) is 2. The molecule has 1 fully saturated rings. The van der Waals surface area contributed by atoms with Gasteiger partial charge >= 0.3 is 0 Å². The van der Waals surface area contributed by atoms with Crippen molar-refractivity contribution in [2.24, 2.45) is 5.92 Å². The van der Waals surface area contributed by atoms with Gasteiger partial charge in [-0.05, 0) is 50.9 Å². The molecule has 1 unspecified atom stereocenters. The van der Waals surface area contributed by atoms with Crippen molar-refractivity contribution in [1.29, 1.82) is 0 Å².